The zero-order valence-electron chi connectivity index (χ0n) is 38.0. The van der Waals surface area contributed by atoms with E-state index < -0.39 is 12.7 Å². The van der Waals surface area contributed by atoms with Gasteiger partial charge in [0.25, 0.3) is 0 Å². The molecule has 1 radical (unpaired) electrons. The molecule has 0 bridgehead atoms. The largest absolute Gasteiger partial charge is 0.333 e. The van der Waals surface area contributed by atoms with E-state index in [1.807, 2.05) is 24.3 Å². The molecule has 0 aliphatic rings. The number of aromatic nitrogens is 3. The average molecular weight is 966 g/mol. The van der Waals surface area contributed by atoms with Crippen molar-refractivity contribution in [1.82, 2.24) is 14.5 Å². The number of aryl methyl sites for hydroxylation is 1. The minimum atomic E-state index is -2.32. The zero-order chi connectivity index (χ0) is 43.5. The summed E-state index contributed by atoms with van der Waals surface area (Å²) < 4.78 is 36.9. The van der Waals surface area contributed by atoms with E-state index >= 15 is 0 Å². The van der Waals surface area contributed by atoms with E-state index in [9.17, 15) is 0 Å². The third-order valence-corrected chi connectivity index (χ3v) is 12.3. The molecule has 0 spiro atoms. The molecule has 3 aromatic heterocycles. The van der Waals surface area contributed by atoms with Gasteiger partial charge in [0.2, 0.25) is 0 Å². The smallest absolute Gasteiger partial charge is 0.0774 e. The van der Waals surface area contributed by atoms with E-state index in [1.54, 1.807) is 31.3 Å². The third-order valence-electron chi connectivity index (χ3n) is 11.1. The number of benzene rings is 7. The van der Waals surface area contributed by atoms with Crippen LogP contribution in [0.1, 0.15) is 87.0 Å². The summed E-state index contributed by atoms with van der Waals surface area (Å²) in [7, 11) is 0. The molecule has 0 N–H and O–H groups in total. The van der Waals surface area contributed by atoms with Crippen LogP contribution < -0.4 is 0 Å². The molecular formula is C54H47IrN3S-2. The van der Waals surface area contributed by atoms with Crippen LogP contribution in [0.5, 0.6) is 0 Å². The van der Waals surface area contributed by atoms with Crippen LogP contribution in [-0.2, 0) is 20.1 Å². The molecule has 7 aromatic carbocycles. The monoisotopic (exact) mass is 966 g/mol. The van der Waals surface area contributed by atoms with E-state index in [0.717, 1.165) is 38.1 Å². The quantitative estimate of drug-likeness (QED) is 0.123. The molecule has 0 aliphatic carbocycles. The van der Waals surface area contributed by atoms with E-state index in [4.69, 9.17) is 10.5 Å². The molecular weight excluding hydrogens is 915 g/mol. The molecule has 3 nitrogen and oxygen atoms in total. The molecule has 10 rings (SSSR count). The SMILES string of the molecule is CC(C)c1cccc(C(C)C)c1-n1c(-c2[c-]cccc2)nc2ccccc21.[2H]C([2H])([2H])c1cnc(-c2[c-]ccc3c2sc2cc4ccc5ccccc5c4cc23)cc1C([2H])(C)C.[Ir]. The van der Waals surface area contributed by atoms with E-state index in [2.05, 4.69) is 153 Å². The van der Waals surface area contributed by atoms with Gasteiger partial charge in [0.1, 0.15) is 0 Å². The fraction of sp³-hybridized carbons (Fsp3) is 0.185. The molecule has 0 saturated heterocycles. The second-order valence-electron chi connectivity index (χ2n) is 15.8. The molecule has 0 unspecified atom stereocenters. The minimum absolute atomic E-state index is 0. The molecule has 0 amide bonds. The minimum Gasteiger partial charge on any atom is -0.333 e. The first-order chi connectivity index (χ1) is 29.7. The van der Waals surface area contributed by atoms with Crippen LogP contribution in [0.4, 0.5) is 0 Å². The van der Waals surface area contributed by atoms with Crippen LogP contribution in [0.2, 0.25) is 0 Å². The number of imidazole rings is 1. The van der Waals surface area contributed by atoms with Gasteiger partial charge in [-0.3, -0.25) is 4.98 Å². The number of fused-ring (bicyclic) bond motifs is 7. The predicted octanol–water partition coefficient (Wildman–Crippen LogP) is 15.4. The van der Waals surface area contributed by atoms with Gasteiger partial charge in [0, 0.05) is 42.2 Å². The normalized spacial score (nSPS) is 13.0. The van der Waals surface area contributed by atoms with Gasteiger partial charge in [0.05, 0.1) is 16.9 Å². The second kappa shape index (κ2) is 16.7. The number of para-hydroxylation sites is 3. The van der Waals surface area contributed by atoms with Crippen molar-refractivity contribution in [2.45, 2.75) is 66.1 Å². The van der Waals surface area contributed by atoms with E-state index in [0.29, 0.717) is 23.1 Å². The van der Waals surface area contributed by atoms with Crippen molar-refractivity contribution < 1.29 is 25.6 Å². The number of nitrogens with zero attached hydrogens (tertiary/aromatic N) is 3. The Labute approximate surface area is 370 Å². The van der Waals surface area contributed by atoms with Crippen LogP contribution in [-0.4, -0.2) is 14.5 Å². The van der Waals surface area contributed by atoms with Crippen LogP contribution in [0.3, 0.4) is 0 Å². The Kier molecular flexibility index (Phi) is 10.0. The van der Waals surface area contributed by atoms with E-state index in [-0.39, 0.29) is 25.7 Å². The Bertz CT molecular complexity index is 3260. The van der Waals surface area contributed by atoms with Gasteiger partial charge >= 0.3 is 0 Å². The Balaban J connectivity index is 0.000000176. The van der Waals surface area contributed by atoms with Gasteiger partial charge in [-0.2, -0.15) is 11.3 Å². The predicted molar refractivity (Wildman–Crippen MR) is 249 cm³/mol. The fourth-order valence-electron chi connectivity index (χ4n) is 8.17. The summed E-state index contributed by atoms with van der Waals surface area (Å²) >= 11 is 1.70. The number of hydrogen-bond acceptors (Lipinski definition) is 3. The van der Waals surface area contributed by atoms with Gasteiger partial charge in [0.15, 0.2) is 0 Å². The molecule has 0 aliphatic heterocycles. The molecule has 10 aromatic rings. The molecule has 295 valence electrons. The van der Waals surface area contributed by atoms with Crippen molar-refractivity contribution in [3.63, 3.8) is 0 Å². The second-order valence-corrected chi connectivity index (χ2v) is 16.9. The van der Waals surface area contributed by atoms with Crippen LogP contribution in [0.15, 0.2) is 140 Å². The molecule has 0 fully saturated rings. The summed E-state index contributed by atoms with van der Waals surface area (Å²) in [5.74, 6) is 0.723. The maximum Gasteiger partial charge on any atom is 0.0774 e. The first-order valence-electron chi connectivity index (χ1n) is 22.0. The topological polar surface area (TPSA) is 30.7 Å². The zero-order valence-corrected chi connectivity index (χ0v) is 37.2. The average Bonchev–Trinajstić information content (AvgIpc) is 3.83. The molecule has 5 heteroatoms. The van der Waals surface area contributed by atoms with Crippen molar-refractivity contribution in [2.75, 3.05) is 0 Å². The molecule has 3 heterocycles. The standard InChI is InChI=1S/C29H22NS.C25H25N2.Ir/c1-17(2)24-15-27(30-16-18(24)3)23-10-6-9-22-26-14-25-20(13-28(26)31-29(22)23)12-11-19-7-4-5-8-21(19)25;1-17(2)20-13-10-14-21(18(3)4)24(20)27-23-16-9-8-15-22(23)26-25(27)19-11-6-5-7-12-19;/h4-9,11-17H,1-3H3;5-11,13-18H,1-4H3;/q2*-1;/i3D3,17D;;. The van der Waals surface area contributed by atoms with Gasteiger partial charge in [-0.1, -0.05) is 120 Å². The van der Waals surface area contributed by atoms with Gasteiger partial charge in [-0.15, -0.1) is 59.7 Å². The third kappa shape index (κ3) is 7.42. The summed E-state index contributed by atoms with van der Waals surface area (Å²) in [5.41, 5.74) is 9.20. The van der Waals surface area contributed by atoms with Crippen molar-refractivity contribution in [3.05, 3.63) is 174 Å². The summed E-state index contributed by atoms with van der Waals surface area (Å²) in [5, 5.41) is 7.19. The molecule has 0 saturated carbocycles. The maximum absolute atomic E-state index is 8.57. The fourth-order valence-corrected chi connectivity index (χ4v) is 9.41. The van der Waals surface area contributed by atoms with Crippen molar-refractivity contribution in [1.29, 1.82) is 0 Å². The molecule has 0 atom stereocenters. The summed E-state index contributed by atoms with van der Waals surface area (Å²) in [6.07, 6.45) is 1.41. The van der Waals surface area contributed by atoms with Crippen molar-refractivity contribution in [2.24, 2.45) is 0 Å². The van der Waals surface area contributed by atoms with E-state index in [1.165, 1.54) is 54.6 Å². The van der Waals surface area contributed by atoms with Gasteiger partial charge < -0.3 is 9.55 Å². The maximum atomic E-state index is 8.57. The van der Waals surface area contributed by atoms with Crippen LogP contribution in [0, 0.1) is 19.0 Å². The first-order valence-corrected chi connectivity index (χ1v) is 20.8. The number of pyridine rings is 1. The summed E-state index contributed by atoms with van der Waals surface area (Å²) in [6, 6.07) is 52.9. The van der Waals surface area contributed by atoms with Crippen molar-refractivity contribution >= 4 is 64.1 Å². The van der Waals surface area contributed by atoms with Gasteiger partial charge in [-0.05, 0) is 108 Å². The van der Waals surface area contributed by atoms with Crippen LogP contribution >= 0.6 is 11.3 Å². The Morgan fingerprint density at radius 3 is 2.15 bits per heavy atom. The van der Waals surface area contributed by atoms with Crippen LogP contribution in [0.25, 0.3) is 81.1 Å². The van der Waals surface area contributed by atoms with Crippen molar-refractivity contribution in [3.8, 4) is 28.3 Å². The molecule has 59 heavy (non-hydrogen) atoms. The Morgan fingerprint density at radius 2 is 1.41 bits per heavy atom. The number of rotatable bonds is 6. The summed E-state index contributed by atoms with van der Waals surface area (Å²) in [6.45, 7) is 10.1. The van der Waals surface area contributed by atoms with Gasteiger partial charge in [-0.25, -0.2) is 0 Å². The summed E-state index contributed by atoms with van der Waals surface area (Å²) in [4.78, 5) is 9.53. The Morgan fingerprint density at radius 1 is 0.661 bits per heavy atom. The number of hydrogen-bond donors (Lipinski definition) is 0. The first kappa shape index (κ1) is 35.5. The Hall–Kier alpha value is -5.45. The number of thiophene rings is 1.